The third kappa shape index (κ3) is 4.86. The van der Waals surface area contributed by atoms with E-state index in [1.54, 1.807) is 6.33 Å². The van der Waals surface area contributed by atoms with Gasteiger partial charge in [0.15, 0.2) is 6.61 Å². The number of carbonyl (C=O) groups is 1. The van der Waals surface area contributed by atoms with Crippen LogP contribution >= 0.6 is 0 Å². The maximum atomic E-state index is 12.2. The van der Waals surface area contributed by atoms with Crippen molar-refractivity contribution in [2.24, 2.45) is 0 Å². The van der Waals surface area contributed by atoms with Crippen LogP contribution in [0.15, 0.2) is 79.1 Å². The molecule has 0 spiro atoms. The predicted molar refractivity (Wildman–Crippen MR) is 125 cm³/mol. The number of rotatable bonds is 8. The molecule has 1 aliphatic rings. The molecule has 32 heavy (non-hydrogen) atoms. The topological polar surface area (TPSA) is 76.1 Å². The van der Waals surface area contributed by atoms with Crippen LogP contribution in [-0.4, -0.2) is 28.5 Å². The summed E-state index contributed by atoms with van der Waals surface area (Å²) in [6, 6.07) is 24.3. The Labute approximate surface area is 186 Å². The summed E-state index contributed by atoms with van der Waals surface area (Å²) in [5.74, 6) is 1.42. The number of para-hydroxylation sites is 1. The van der Waals surface area contributed by atoms with E-state index in [1.165, 1.54) is 12.8 Å². The molecule has 0 radical (unpaired) electrons. The van der Waals surface area contributed by atoms with Crippen molar-refractivity contribution >= 4 is 22.6 Å². The molecule has 0 unspecified atom stereocenters. The van der Waals surface area contributed by atoms with Crippen molar-refractivity contribution in [1.82, 2.24) is 15.3 Å². The van der Waals surface area contributed by atoms with Gasteiger partial charge in [-0.15, -0.1) is 0 Å². The van der Waals surface area contributed by atoms with E-state index in [0.29, 0.717) is 18.3 Å². The fourth-order valence-corrected chi connectivity index (χ4v) is 3.55. The fraction of sp³-hybridized carbons (Fsp3) is 0.192. The Balaban J connectivity index is 1.27. The monoisotopic (exact) mass is 424 g/mol. The second-order valence-corrected chi connectivity index (χ2v) is 7.95. The third-order valence-electron chi connectivity index (χ3n) is 5.42. The summed E-state index contributed by atoms with van der Waals surface area (Å²) in [5, 5.41) is 7.44. The number of hydrogen-bond donors (Lipinski definition) is 2. The average molecular weight is 425 g/mol. The minimum atomic E-state index is -0.155. The predicted octanol–water partition coefficient (Wildman–Crippen LogP) is 4.57. The quantitative estimate of drug-likeness (QED) is 0.433. The number of fused-ring (bicyclic) bond motifs is 1. The zero-order valence-corrected chi connectivity index (χ0v) is 17.6. The SMILES string of the molecule is O=C(COc1ccccc1)NCc1cccc(-c2ccc3ncnc(NC4CC4)c3c2)c1. The molecular formula is C26H24N4O2. The van der Waals surface area contributed by atoms with Crippen LogP contribution < -0.4 is 15.4 Å². The van der Waals surface area contributed by atoms with Gasteiger partial charge in [0.05, 0.1) is 5.52 Å². The van der Waals surface area contributed by atoms with Crippen LogP contribution in [-0.2, 0) is 11.3 Å². The van der Waals surface area contributed by atoms with Crippen molar-refractivity contribution in [3.05, 3.63) is 84.7 Å². The lowest BCUT2D eigenvalue weighted by molar-refractivity contribution is -0.123. The van der Waals surface area contributed by atoms with Gasteiger partial charge in [-0.1, -0.05) is 42.5 Å². The van der Waals surface area contributed by atoms with Gasteiger partial charge < -0.3 is 15.4 Å². The summed E-state index contributed by atoms with van der Waals surface area (Å²) in [6.45, 7) is 0.432. The maximum absolute atomic E-state index is 12.2. The van der Waals surface area contributed by atoms with Gasteiger partial charge in [0.25, 0.3) is 5.91 Å². The lowest BCUT2D eigenvalue weighted by Gasteiger charge is -2.11. The minimum absolute atomic E-state index is 0.00878. The van der Waals surface area contributed by atoms with Crippen LogP contribution in [0.2, 0.25) is 0 Å². The largest absolute Gasteiger partial charge is 0.484 e. The zero-order valence-electron chi connectivity index (χ0n) is 17.6. The number of anilines is 1. The number of aromatic nitrogens is 2. The fourth-order valence-electron chi connectivity index (χ4n) is 3.55. The first-order valence-electron chi connectivity index (χ1n) is 10.8. The number of ether oxygens (including phenoxy) is 1. The Kier molecular flexibility index (Phi) is 5.66. The van der Waals surface area contributed by atoms with Gasteiger partial charge >= 0.3 is 0 Å². The molecule has 1 amide bonds. The molecule has 5 rings (SSSR count). The molecule has 3 aromatic carbocycles. The molecule has 0 aliphatic heterocycles. The van der Waals surface area contributed by atoms with Gasteiger partial charge in [0.1, 0.15) is 17.9 Å². The summed E-state index contributed by atoms with van der Waals surface area (Å²) < 4.78 is 5.50. The average Bonchev–Trinajstić information content (AvgIpc) is 3.66. The van der Waals surface area contributed by atoms with Crippen LogP contribution in [0.5, 0.6) is 5.75 Å². The Morgan fingerprint density at radius 3 is 2.62 bits per heavy atom. The standard InChI is InChI=1S/C26H24N4O2/c31-25(16-32-22-7-2-1-3-8-22)27-15-18-5-4-6-19(13-18)20-9-12-24-23(14-20)26(29-17-28-24)30-21-10-11-21/h1-9,12-14,17,21H,10-11,15-16H2,(H,27,31)(H,28,29,30). The smallest absolute Gasteiger partial charge is 0.258 e. The van der Waals surface area contributed by atoms with E-state index in [2.05, 4.69) is 44.9 Å². The van der Waals surface area contributed by atoms with E-state index >= 15 is 0 Å². The van der Waals surface area contributed by atoms with Crippen molar-refractivity contribution < 1.29 is 9.53 Å². The lowest BCUT2D eigenvalue weighted by Crippen LogP contribution is -2.28. The normalized spacial score (nSPS) is 13.0. The van der Waals surface area contributed by atoms with Gasteiger partial charge in [-0.2, -0.15) is 0 Å². The molecule has 1 saturated carbocycles. The number of hydrogen-bond acceptors (Lipinski definition) is 5. The summed E-state index contributed by atoms with van der Waals surface area (Å²) in [4.78, 5) is 21.0. The highest BCUT2D eigenvalue weighted by Gasteiger charge is 2.22. The van der Waals surface area contributed by atoms with Crippen LogP contribution in [0.25, 0.3) is 22.0 Å². The highest BCUT2D eigenvalue weighted by Crippen LogP contribution is 2.30. The van der Waals surface area contributed by atoms with Crippen LogP contribution in [0, 0.1) is 0 Å². The molecule has 0 atom stereocenters. The summed E-state index contributed by atoms with van der Waals surface area (Å²) >= 11 is 0. The first-order valence-corrected chi connectivity index (χ1v) is 10.8. The van der Waals surface area contributed by atoms with Gasteiger partial charge in [-0.25, -0.2) is 9.97 Å². The first kappa shape index (κ1) is 20.0. The Hall–Kier alpha value is -3.93. The second-order valence-electron chi connectivity index (χ2n) is 7.95. The van der Waals surface area contributed by atoms with Crippen molar-refractivity contribution in [3.63, 3.8) is 0 Å². The van der Waals surface area contributed by atoms with Gasteiger partial charge in [-0.3, -0.25) is 4.79 Å². The Morgan fingerprint density at radius 1 is 0.938 bits per heavy atom. The molecule has 6 nitrogen and oxygen atoms in total. The van der Waals surface area contributed by atoms with Crippen molar-refractivity contribution in [1.29, 1.82) is 0 Å². The van der Waals surface area contributed by atoms with Crippen LogP contribution in [0.1, 0.15) is 18.4 Å². The Morgan fingerprint density at radius 2 is 1.78 bits per heavy atom. The number of carbonyl (C=O) groups excluding carboxylic acids is 1. The van der Waals surface area contributed by atoms with E-state index in [-0.39, 0.29) is 12.5 Å². The van der Waals surface area contributed by atoms with E-state index in [0.717, 1.165) is 33.4 Å². The van der Waals surface area contributed by atoms with Crippen molar-refractivity contribution in [2.45, 2.75) is 25.4 Å². The van der Waals surface area contributed by atoms with E-state index in [1.807, 2.05) is 48.5 Å². The van der Waals surface area contributed by atoms with E-state index in [4.69, 9.17) is 4.74 Å². The molecule has 2 N–H and O–H groups in total. The number of benzene rings is 3. The van der Waals surface area contributed by atoms with E-state index in [9.17, 15) is 4.79 Å². The number of nitrogens with zero attached hydrogens (tertiary/aromatic N) is 2. The van der Waals surface area contributed by atoms with Gasteiger partial charge in [-0.05, 0) is 59.9 Å². The molecule has 4 aromatic rings. The summed E-state index contributed by atoms with van der Waals surface area (Å²) in [6.07, 6.45) is 3.99. The second kappa shape index (κ2) is 9.06. The first-order chi connectivity index (χ1) is 15.7. The summed E-state index contributed by atoms with van der Waals surface area (Å²) in [7, 11) is 0. The number of nitrogens with one attached hydrogen (secondary N) is 2. The van der Waals surface area contributed by atoms with Crippen molar-refractivity contribution in [3.8, 4) is 16.9 Å². The molecule has 1 aliphatic carbocycles. The third-order valence-corrected chi connectivity index (χ3v) is 5.42. The van der Waals surface area contributed by atoms with Crippen molar-refractivity contribution in [2.75, 3.05) is 11.9 Å². The molecule has 1 aromatic heterocycles. The molecular weight excluding hydrogens is 400 g/mol. The maximum Gasteiger partial charge on any atom is 0.258 e. The lowest BCUT2D eigenvalue weighted by atomic mass is 10.0. The minimum Gasteiger partial charge on any atom is -0.484 e. The molecule has 0 bridgehead atoms. The highest BCUT2D eigenvalue weighted by atomic mass is 16.5. The molecule has 1 fully saturated rings. The Bertz CT molecular complexity index is 1240. The van der Waals surface area contributed by atoms with Crippen LogP contribution in [0.4, 0.5) is 5.82 Å². The number of amides is 1. The molecule has 1 heterocycles. The zero-order chi connectivity index (χ0) is 21.8. The molecule has 160 valence electrons. The van der Waals surface area contributed by atoms with Gasteiger partial charge in [0, 0.05) is 18.0 Å². The van der Waals surface area contributed by atoms with Crippen LogP contribution in [0.3, 0.4) is 0 Å². The van der Waals surface area contributed by atoms with E-state index < -0.39 is 0 Å². The summed E-state index contributed by atoms with van der Waals surface area (Å²) in [5.41, 5.74) is 4.12. The van der Waals surface area contributed by atoms with Gasteiger partial charge in [0.2, 0.25) is 0 Å². The molecule has 0 saturated heterocycles. The molecule has 6 heteroatoms. The highest BCUT2D eigenvalue weighted by molar-refractivity contribution is 5.92.